The van der Waals surface area contributed by atoms with Crippen molar-refractivity contribution in [2.24, 2.45) is 5.92 Å². The second-order valence-electron chi connectivity index (χ2n) is 8.87. The van der Waals surface area contributed by atoms with Crippen LogP contribution in [0.5, 0.6) is 11.5 Å². The average Bonchev–Trinajstić information content (AvgIpc) is 3.25. The molecule has 1 aliphatic heterocycles. The third-order valence-electron chi connectivity index (χ3n) is 6.28. The number of piperidine rings is 1. The summed E-state index contributed by atoms with van der Waals surface area (Å²) in [6, 6.07) is 10.4. The van der Waals surface area contributed by atoms with Crippen molar-refractivity contribution in [1.29, 1.82) is 0 Å². The van der Waals surface area contributed by atoms with E-state index in [1.54, 1.807) is 11.3 Å². The molecule has 7 heteroatoms. The Morgan fingerprint density at radius 1 is 1.09 bits per heavy atom. The van der Waals surface area contributed by atoms with Gasteiger partial charge in [-0.25, -0.2) is 4.98 Å². The fourth-order valence-electron chi connectivity index (χ4n) is 4.55. The van der Waals surface area contributed by atoms with Crippen LogP contribution in [0.2, 0.25) is 0 Å². The smallest absolute Gasteiger partial charge is 0.223 e. The van der Waals surface area contributed by atoms with Crippen LogP contribution in [0.4, 0.5) is 5.13 Å². The molecule has 1 saturated heterocycles. The van der Waals surface area contributed by atoms with Gasteiger partial charge in [0.15, 0.2) is 16.6 Å². The quantitative estimate of drug-likeness (QED) is 0.450. The van der Waals surface area contributed by atoms with Crippen molar-refractivity contribution in [1.82, 2.24) is 10.3 Å². The lowest BCUT2D eigenvalue weighted by atomic mass is 9.96. The number of rotatable bonds is 9. The SMILES string of the molecule is CCOc1ccc(CCNC(=O)C2CCN(c3nc4c(C)cc(C)cc4s3)CC2)cc1OCC. The summed E-state index contributed by atoms with van der Waals surface area (Å²) in [5.41, 5.74) is 4.73. The van der Waals surface area contributed by atoms with Crippen LogP contribution in [0.1, 0.15) is 43.4 Å². The molecule has 1 amide bonds. The number of benzene rings is 2. The number of aryl methyl sites for hydroxylation is 2. The minimum atomic E-state index is 0.0638. The Bertz CT molecular complexity index is 1140. The van der Waals surface area contributed by atoms with Crippen LogP contribution in [-0.4, -0.2) is 43.7 Å². The molecule has 34 heavy (non-hydrogen) atoms. The molecule has 0 aliphatic carbocycles. The van der Waals surface area contributed by atoms with Crippen molar-refractivity contribution in [3.63, 3.8) is 0 Å². The van der Waals surface area contributed by atoms with E-state index < -0.39 is 0 Å². The molecule has 1 N–H and O–H groups in total. The number of anilines is 1. The summed E-state index contributed by atoms with van der Waals surface area (Å²) < 4.78 is 12.6. The molecule has 1 fully saturated rings. The number of hydrogen-bond donors (Lipinski definition) is 1. The Hall–Kier alpha value is -2.80. The van der Waals surface area contributed by atoms with Crippen molar-refractivity contribution in [2.45, 2.75) is 47.0 Å². The lowest BCUT2D eigenvalue weighted by Crippen LogP contribution is -2.41. The Labute approximate surface area is 206 Å². The monoisotopic (exact) mass is 481 g/mol. The highest BCUT2D eigenvalue weighted by Gasteiger charge is 2.26. The molecule has 3 aromatic rings. The van der Waals surface area contributed by atoms with Gasteiger partial charge in [0.2, 0.25) is 5.91 Å². The number of nitrogens with zero attached hydrogens (tertiary/aromatic N) is 2. The zero-order valence-corrected chi connectivity index (χ0v) is 21.5. The first kappa shape index (κ1) is 24.3. The summed E-state index contributed by atoms with van der Waals surface area (Å²) >= 11 is 1.76. The van der Waals surface area contributed by atoms with Crippen molar-refractivity contribution < 1.29 is 14.3 Å². The molecule has 0 spiro atoms. The van der Waals surface area contributed by atoms with E-state index in [4.69, 9.17) is 14.5 Å². The maximum atomic E-state index is 12.8. The molecule has 1 aromatic heterocycles. The summed E-state index contributed by atoms with van der Waals surface area (Å²) in [6.07, 6.45) is 2.48. The highest BCUT2D eigenvalue weighted by atomic mass is 32.1. The molecule has 0 atom stereocenters. The molecule has 0 bridgehead atoms. The average molecular weight is 482 g/mol. The van der Waals surface area contributed by atoms with Gasteiger partial charge < -0.3 is 19.7 Å². The second-order valence-corrected chi connectivity index (χ2v) is 9.88. The van der Waals surface area contributed by atoms with Gasteiger partial charge in [0.05, 0.1) is 23.4 Å². The van der Waals surface area contributed by atoms with Crippen LogP contribution >= 0.6 is 11.3 Å². The standard InChI is InChI=1S/C27H35N3O3S/c1-5-32-22-8-7-20(17-23(22)33-6-2)9-12-28-26(31)21-10-13-30(14-11-21)27-29-25-19(4)15-18(3)16-24(25)34-27/h7-8,15-17,21H,5-6,9-14H2,1-4H3,(H,28,31). The zero-order chi connectivity index (χ0) is 24.1. The van der Waals surface area contributed by atoms with Gasteiger partial charge in [-0.15, -0.1) is 0 Å². The van der Waals surface area contributed by atoms with Crippen LogP contribution in [-0.2, 0) is 11.2 Å². The van der Waals surface area contributed by atoms with Crippen LogP contribution in [0.15, 0.2) is 30.3 Å². The predicted octanol–water partition coefficient (Wildman–Crippen LogP) is 5.29. The third kappa shape index (κ3) is 5.63. The molecule has 6 nitrogen and oxygen atoms in total. The molecule has 2 aromatic carbocycles. The Morgan fingerprint density at radius 2 is 1.82 bits per heavy atom. The fraction of sp³-hybridized carbons (Fsp3) is 0.481. The van der Waals surface area contributed by atoms with E-state index in [2.05, 4.69) is 36.2 Å². The topological polar surface area (TPSA) is 63.7 Å². The van der Waals surface area contributed by atoms with Gasteiger partial charge in [0.1, 0.15) is 0 Å². The largest absolute Gasteiger partial charge is 0.490 e. The minimum Gasteiger partial charge on any atom is -0.490 e. The fourth-order valence-corrected chi connectivity index (χ4v) is 5.75. The first-order valence-electron chi connectivity index (χ1n) is 12.3. The zero-order valence-electron chi connectivity index (χ0n) is 20.6. The third-order valence-corrected chi connectivity index (χ3v) is 7.34. The molecule has 0 radical (unpaired) electrons. The predicted molar refractivity (Wildman–Crippen MR) is 140 cm³/mol. The first-order chi connectivity index (χ1) is 16.5. The Kier molecular flexibility index (Phi) is 7.93. The number of ether oxygens (including phenoxy) is 2. The highest BCUT2D eigenvalue weighted by molar-refractivity contribution is 7.22. The molecule has 2 heterocycles. The molecule has 0 unspecified atom stereocenters. The summed E-state index contributed by atoms with van der Waals surface area (Å²) in [6.45, 7) is 11.7. The number of thiazole rings is 1. The molecular formula is C27H35N3O3S. The number of carbonyl (C=O) groups is 1. The van der Waals surface area contributed by atoms with Crippen LogP contribution in [0.3, 0.4) is 0 Å². The lowest BCUT2D eigenvalue weighted by molar-refractivity contribution is -0.125. The maximum absolute atomic E-state index is 12.8. The molecule has 1 aliphatic rings. The molecule has 0 saturated carbocycles. The molecule has 182 valence electrons. The van der Waals surface area contributed by atoms with E-state index in [-0.39, 0.29) is 11.8 Å². The Balaban J connectivity index is 1.27. The normalized spacial score (nSPS) is 14.4. The first-order valence-corrected chi connectivity index (χ1v) is 13.1. The van der Waals surface area contributed by atoms with E-state index in [1.807, 2.05) is 32.0 Å². The highest BCUT2D eigenvalue weighted by Crippen LogP contribution is 2.34. The van der Waals surface area contributed by atoms with E-state index in [0.717, 1.165) is 60.1 Å². The van der Waals surface area contributed by atoms with Gasteiger partial charge in [-0.3, -0.25) is 4.79 Å². The number of nitrogens with one attached hydrogen (secondary N) is 1. The number of carbonyl (C=O) groups excluding carboxylic acids is 1. The molecule has 4 rings (SSSR count). The van der Waals surface area contributed by atoms with Crippen molar-refractivity contribution in [3.05, 3.63) is 47.0 Å². The number of amides is 1. The van der Waals surface area contributed by atoms with E-state index >= 15 is 0 Å². The van der Waals surface area contributed by atoms with Crippen molar-refractivity contribution >= 4 is 32.6 Å². The van der Waals surface area contributed by atoms with Gasteiger partial charge in [-0.05, 0) is 81.8 Å². The maximum Gasteiger partial charge on any atom is 0.223 e. The summed E-state index contributed by atoms with van der Waals surface area (Å²) in [5.74, 6) is 1.75. The van der Waals surface area contributed by atoms with Crippen molar-refractivity contribution in [2.75, 3.05) is 37.7 Å². The van der Waals surface area contributed by atoms with Gasteiger partial charge in [-0.1, -0.05) is 23.5 Å². The minimum absolute atomic E-state index is 0.0638. The van der Waals surface area contributed by atoms with E-state index in [9.17, 15) is 4.79 Å². The lowest BCUT2D eigenvalue weighted by Gasteiger charge is -2.31. The van der Waals surface area contributed by atoms with E-state index in [0.29, 0.717) is 19.8 Å². The Morgan fingerprint density at radius 3 is 2.56 bits per heavy atom. The van der Waals surface area contributed by atoms with Crippen LogP contribution in [0, 0.1) is 19.8 Å². The number of hydrogen-bond acceptors (Lipinski definition) is 6. The van der Waals surface area contributed by atoms with Crippen LogP contribution in [0.25, 0.3) is 10.2 Å². The van der Waals surface area contributed by atoms with Crippen molar-refractivity contribution in [3.8, 4) is 11.5 Å². The van der Waals surface area contributed by atoms with Gasteiger partial charge in [0, 0.05) is 25.6 Å². The molecular weight excluding hydrogens is 446 g/mol. The van der Waals surface area contributed by atoms with Gasteiger partial charge >= 0.3 is 0 Å². The summed E-state index contributed by atoms with van der Waals surface area (Å²) in [7, 11) is 0. The number of aromatic nitrogens is 1. The second kappa shape index (κ2) is 11.1. The van der Waals surface area contributed by atoms with Gasteiger partial charge in [0.25, 0.3) is 0 Å². The van der Waals surface area contributed by atoms with E-state index in [1.165, 1.54) is 15.8 Å². The summed E-state index contributed by atoms with van der Waals surface area (Å²) in [5, 5.41) is 4.21. The van der Waals surface area contributed by atoms with Gasteiger partial charge in [-0.2, -0.15) is 0 Å². The number of fused-ring (bicyclic) bond motifs is 1. The van der Waals surface area contributed by atoms with Crippen LogP contribution < -0.4 is 19.7 Å². The summed E-state index contributed by atoms with van der Waals surface area (Å²) in [4.78, 5) is 20.0.